The Morgan fingerprint density at radius 3 is 2.63 bits per heavy atom. The van der Waals surface area contributed by atoms with Gasteiger partial charge in [0.2, 0.25) is 0 Å². The number of methoxy groups -OCH3 is 1. The number of carbonyl (C=O) groups excluding carboxylic acids is 1. The highest BCUT2D eigenvalue weighted by atomic mass is 32.2. The fourth-order valence-corrected chi connectivity index (χ4v) is 5.15. The maximum Gasteiger partial charge on any atom is 0.264 e. The fourth-order valence-electron chi connectivity index (χ4n) is 3.60. The molecule has 1 aliphatic rings. The molecule has 0 radical (unpaired) electrons. The van der Waals surface area contributed by atoms with Crippen LogP contribution < -0.4 is 14.4 Å². The first-order valence-corrected chi connectivity index (χ1v) is 11.0. The number of amides is 1. The highest BCUT2D eigenvalue weighted by Gasteiger charge is 2.31. The first-order chi connectivity index (χ1) is 14.4. The van der Waals surface area contributed by atoms with E-state index < -0.39 is 15.9 Å². The summed E-state index contributed by atoms with van der Waals surface area (Å²) in [5, 5.41) is 2.81. The molecule has 1 N–H and O–H groups in total. The average molecular weight is 423 g/mol. The summed E-state index contributed by atoms with van der Waals surface area (Å²) in [6, 6.07) is 19.0. The van der Waals surface area contributed by atoms with Crippen molar-refractivity contribution in [1.82, 2.24) is 0 Å². The van der Waals surface area contributed by atoms with Crippen molar-refractivity contribution in [3.63, 3.8) is 0 Å². The van der Waals surface area contributed by atoms with Crippen LogP contribution in [-0.2, 0) is 16.4 Å². The van der Waals surface area contributed by atoms with E-state index in [2.05, 4.69) is 5.32 Å². The number of anilines is 2. The van der Waals surface area contributed by atoms with E-state index >= 15 is 0 Å². The number of nitrogens with zero attached hydrogens (tertiary/aromatic N) is 1. The van der Waals surface area contributed by atoms with Crippen molar-refractivity contribution < 1.29 is 17.9 Å². The van der Waals surface area contributed by atoms with Gasteiger partial charge in [-0.2, -0.15) is 0 Å². The summed E-state index contributed by atoms with van der Waals surface area (Å²) in [4.78, 5) is 12.9. The molecule has 4 rings (SSSR count). The van der Waals surface area contributed by atoms with Crippen molar-refractivity contribution in [2.24, 2.45) is 0 Å². The molecule has 3 aromatic carbocycles. The Labute approximate surface area is 176 Å². The second kappa shape index (κ2) is 7.84. The Hall–Kier alpha value is -3.32. The van der Waals surface area contributed by atoms with E-state index in [4.69, 9.17) is 4.74 Å². The molecule has 3 aromatic rings. The van der Waals surface area contributed by atoms with Gasteiger partial charge in [-0.05, 0) is 60.9 Å². The van der Waals surface area contributed by atoms with E-state index in [1.165, 1.54) is 23.5 Å². The summed E-state index contributed by atoms with van der Waals surface area (Å²) < 4.78 is 33.2. The third-order valence-electron chi connectivity index (χ3n) is 5.13. The molecule has 0 saturated heterocycles. The molecule has 30 heavy (non-hydrogen) atoms. The van der Waals surface area contributed by atoms with Crippen molar-refractivity contribution in [2.45, 2.75) is 18.2 Å². The number of ether oxygens (including phenoxy) is 1. The topological polar surface area (TPSA) is 75.7 Å². The molecule has 0 aromatic heterocycles. The number of benzene rings is 3. The summed E-state index contributed by atoms with van der Waals surface area (Å²) >= 11 is 0. The van der Waals surface area contributed by atoms with Gasteiger partial charge >= 0.3 is 0 Å². The van der Waals surface area contributed by atoms with Crippen molar-refractivity contribution >= 4 is 27.3 Å². The lowest BCUT2D eigenvalue weighted by Crippen LogP contribution is -2.29. The predicted molar refractivity (Wildman–Crippen MR) is 117 cm³/mol. The van der Waals surface area contributed by atoms with Gasteiger partial charge in [-0.25, -0.2) is 8.42 Å². The Morgan fingerprint density at radius 1 is 1.03 bits per heavy atom. The summed E-state index contributed by atoms with van der Waals surface area (Å²) in [6.45, 7) is 2.30. The van der Waals surface area contributed by atoms with Gasteiger partial charge in [-0.1, -0.05) is 30.3 Å². The molecular weight excluding hydrogens is 400 g/mol. The Kier molecular flexibility index (Phi) is 5.22. The van der Waals surface area contributed by atoms with Crippen LogP contribution in [0.5, 0.6) is 5.75 Å². The maximum absolute atomic E-state index is 13.2. The minimum Gasteiger partial charge on any atom is -0.495 e. The van der Waals surface area contributed by atoms with Crippen LogP contribution in [-0.4, -0.2) is 28.0 Å². The molecule has 1 aliphatic heterocycles. The molecule has 154 valence electrons. The van der Waals surface area contributed by atoms with Gasteiger partial charge in [0.25, 0.3) is 15.9 Å². The maximum atomic E-state index is 13.2. The molecule has 0 atom stereocenters. The zero-order chi connectivity index (χ0) is 21.3. The Balaban J connectivity index is 1.63. The van der Waals surface area contributed by atoms with Crippen LogP contribution in [0.2, 0.25) is 0 Å². The monoisotopic (exact) mass is 422 g/mol. The van der Waals surface area contributed by atoms with Crippen LogP contribution in [0.15, 0.2) is 71.6 Å². The first kappa shape index (κ1) is 20.0. The molecule has 0 aliphatic carbocycles. The number of nitrogens with one attached hydrogen (secondary N) is 1. The minimum atomic E-state index is -3.77. The van der Waals surface area contributed by atoms with E-state index in [0.717, 1.165) is 11.1 Å². The zero-order valence-corrected chi connectivity index (χ0v) is 17.6. The summed E-state index contributed by atoms with van der Waals surface area (Å²) in [5.74, 6) is 0.129. The molecule has 0 saturated carbocycles. The summed E-state index contributed by atoms with van der Waals surface area (Å²) in [6.07, 6.45) is 0.669. The van der Waals surface area contributed by atoms with E-state index in [1.54, 1.807) is 30.3 Å². The quantitative estimate of drug-likeness (QED) is 0.674. The predicted octanol–water partition coefficient (Wildman–Crippen LogP) is 4.01. The third-order valence-corrected chi connectivity index (χ3v) is 6.94. The molecular formula is C23H22N2O4S. The number of hydrogen-bond acceptors (Lipinski definition) is 4. The van der Waals surface area contributed by atoms with Crippen molar-refractivity contribution in [1.29, 1.82) is 0 Å². The highest BCUT2D eigenvalue weighted by Crippen LogP contribution is 2.33. The average Bonchev–Trinajstić information content (AvgIpc) is 3.19. The Morgan fingerprint density at radius 2 is 1.83 bits per heavy atom. The van der Waals surface area contributed by atoms with Crippen molar-refractivity contribution in [2.75, 3.05) is 23.3 Å². The van der Waals surface area contributed by atoms with Crippen LogP contribution in [0, 0.1) is 6.92 Å². The molecule has 7 heteroatoms. The van der Waals surface area contributed by atoms with Crippen LogP contribution >= 0.6 is 0 Å². The number of hydrogen-bond donors (Lipinski definition) is 1. The van der Waals surface area contributed by atoms with Gasteiger partial charge in [0.05, 0.1) is 23.4 Å². The number of aryl methyl sites for hydroxylation is 1. The van der Waals surface area contributed by atoms with Crippen molar-refractivity contribution in [3.05, 3.63) is 83.4 Å². The fraction of sp³-hybridized carbons (Fsp3) is 0.174. The first-order valence-electron chi connectivity index (χ1n) is 9.57. The van der Waals surface area contributed by atoms with Gasteiger partial charge in [-0.3, -0.25) is 9.10 Å². The lowest BCUT2D eigenvalue weighted by molar-refractivity contribution is 0.102. The van der Waals surface area contributed by atoms with Crippen molar-refractivity contribution in [3.8, 4) is 5.75 Å². The number of para-hydroxylation sites is 1. The second-order valence-electron chi connectivity index (χ2n) is 7.14. The lowest BCUT2D eigenvalue weighted by atomic mass is 10.1. The Bertz CT molecular complexity index is 1220. The van der Waals surface area contributed by atoms with Crippen LogP contribution in [0.25, 0.3) is 0 Å². The normalized spacial score (nSPS) is 13.1. The molecule has 1 amide bonds. The minimum absolute atomic E-state index is 0.0862. The lowest BCUT2D eigenvalue weighted by Gasteiger charge is -2.20. The molecule has 0 bridgehead atoms. The van der Waals surface area contributed by atoms with Crippen LogP contribution in [0.3, 0.4) is 0 Å². The van der Waals surface area contributed by atoms with Crippen LogP contribution in [0.4, 0.5) is 11.4 Å². The van der Waals surface area contributed by atoms with Gasteiger partial charge in [0.15, 0.2) is 0 Å². The van der Waals surface area contributed by atoms with E-state index in [0.29, 0.717) is 30.1 Å². The second-order valence-corrected chi connectivity index (χ2v) is 9.00. The number of sulfonamides is 1. The smallest absolute Gasteiger partial charge is 0.264 e. The largest absolute Gasteiger partial charge is 0.495 e. The molecule has 1 heterocycles. The summed E-state index contributed by atoms with van der Waals surface area (Å²) in [7, 11) is -2.24. The SMILES string of the molecule is COc1ccc(C)cc1NC(=O)c1cccc(S(=O)(=O)N2CCc3ccccc32)c1. The van der Waals surface area contributed by atoms with Gasteiger partial charge < -0.3 is 10.1 Å². The van der Waals surface area contributed by atoms with Crippen LogP contribution in [0.1, 0.15) is 21.5 Å². The summed E-state index contributed by atoms with van der Waals surface area (Å²) in [5.41, 5.74) is 3.45. The number of fused-ring (bicyclic) bond motifs is 1. The zero-order valence-electron chi connectivity index (χ0n) is 16.8. The van der Waals surface area contributed by atoms with E-state index in [-0.39, 0.29) is 10.5 Å². The standard InChI is InChI=1S/C23H22N2O4S/c1-16-10-11-22(29-2)20(14-16)24-23(26)18-7-5-8-19(15-18)30(27,28)25-13-12-17-6-3-4-9-21(17)25/h3-11,14-15H,12-13H2,1-2H3,(H,24,26). The van der Waals surface area contributed by atoms with Gasteiger partial charge in [-0.15, -0.1) is 0 Å². The highest BCUT2D eigenvalue weighted by molar-refractivity contribution is 7.92. The number of rotatable bonds is 5. The molecule has 0 fully saturated rings. The van der Waals surface area contributed by atoms with Gasteiger partial charge in [0.1, 0.15) is 5.75 Å². The third kappa shape index (κ3) is 3.64. The van der Waals surface area contributed by atoms with Gasteiger partial charge in [0, 0.05) is 12.1 Å². The number of carbonyl (C=O) groups is 1. The molecule has 0 unspecified atom stereocenters. The molecule has 0 spiro atoms. The van der Waals surface area contributed by atoms with E-state index in [1.807, 2.05) is 31.2 Å². The molecule has 6 nitrogen and oxygen atoms in total. The van der Waals surface area contributed by atoms with E-state index in [9.17, 15) is 13.2 Å².